The van der Waals surface area contributed by atoms with Crippen LogP contribution >= 0.6 is 11.6 Å². The van der Waals surface area contributed by atoms with Crippen LogP contribution < -0.4 is 11.1 Å². The minimum atomic E-state index is -0.360. The lowest BCUT2D eigenvalue weighted by Crippen LogP contribution is -2.14. The molecular weight excluding hydrogens is 312 g/mol. The molecule has 0 fully saturated rings. The van der Waals surface area contributed by atoms with Crippen LogP contribution in [0.1, 0.15) is 23.6 Å². The Kier molecular flexibility index (Phi) is 3.39. The summed E-state index contributed by atoms with van der Waals surface area (Å²) in [6.45, 7) is 0. The fraction of sp³-hybridized carbons (Fsp3) is 0.111. The second-order valence-electron chi connectivity index (χ2n) is 5.48. The van der Waals surface area contributed by atoms with Crippen LogP contribution in [0.2, 0.25) is 5.02 Å². The predicted molar refractivity (Wildman–Crippen MR) is 91.0 cm³/mol. The Balaban J connectivity index is 1.66. The molecule has 0 saturated carbocycles. The van der Waals surface area contributed by atoms with Crippen molar-refractivity contribution in [2.45, 2.75) is 12.5 Å². The van der Waals surface area contributed by atoms with Gasteiger partial charge in [-0.1, -0.05) is 41.9 Å². The Hall–Kier alpha value is -2.59. The number of hydrogen-bond donors (Lipinski definition) is 1. The molecule has 0 aliphatic carbocycles. The van der Waals surface area contributed by atoms with E-state index in [2.05, 4.69) is 10.5 Å². The van der Waals surface area contributed by atoms with Gasteiger partial charge in [0.15, 0.2) is 0 Å². The van der Waals surface area contributed by atoms with E-state index in [1.807, 2.05) is 48.5 Å². The molecule has 0 saturated heterocycles. The minimum Gasteiger partial charge on any atom is -0.422 e. The number of rotatable bonds is 2. The van der Waals surface area contributed by atoms with Crippen molar-refractivity contribution in [2.75, 3.05) is 0 Å². The minimum absolute atomic E-state index is 0.0353. The van der Waals surface area contributed by atoms with E-state index in [1.54, 1.807) is 6.07 Å². The molecule has 4 nitrogen and oxygen atoms in total. The highest BCUT2D eigenvalue weighted by Gasteiger charge is 2.23. The van der Waals surface area contributed by atoms with Crippen LogP contribution in [0, 0.1) is 0 Å². The van der Waals surface area contributed by atoms with Crippen molar-refractivity contribution in [2.24, 2.45) is 5.10 Å². The second kappa shape index (κ2) is 5.56. The predicted octanol–water partition coefficient (Wildman–Crippen LogP) is 3.89. The largest absolute Gasteiger partial charge is 0.422 e. The van der Waals surface area contributed by atoms with Gasteiger partial charge < -0.3 is 9.84 Å². The highest BCUT2D eigenvalue weighted by molar-refractivity contribution is 6.30. The Morgan fingerprint density at radius 3 is 2.74 bits per heavy atom. The van der Waals surface area contributed by atoms with Crippen molar-refractivity contribution in [3.63, 3.8) is 0 Å². The Morgan fingerprint density at radius 2 is 1.91 bits per heavy atom. The topological polar surface area (TPSA) is 54.6 Å². The van der Waals surface area contributed by atoms with Gasteiger partial charge in [-0.25, -0.2) is 4.79 Å². The van der Waals surface area contributed by atoms with Crippen LogP contribution in [0.3, 0.4) is 0 Å². The van der Waals surface area contributed by atoms with Crippen LogP contribution in [-0.2, 0) is 0 Å². The summed E-state index contributed by atoms with van der Waals surface area (Å²) in [7, 11) is 0. The molecule has 1 N–H and O–H groups in total. The van der Waals surface area contributed by atoms with Gasteiger partial charge in [0.25, 0.3) is 0 Å². The summed E-state index contributed by atoms with van der Waals surface area (Å²) >= 11 is 5.92. The van der Waals surface area contributed by atoms with Gasteiger partial charge >= 0.3 is 5.63 Å². The highest BCUT2D eigenvalue weighted by Crippen LogP contribution is 2.25. The summed E-state index contributed by atoms with van der Waals surface area (Å²) < 4.78 is 5.38. The van der Waals surface area contributed by atoms with Crippen LogP contribution in [0.4, 0.5) is 0 Å². The molecule has 1 atom stereocenters. The van der Waals surface area contributed by atoms with Crippen molar-refractivity contribution in [3.05, 3.63) is 81.2 Å². The number of nitrogens with one attached hydrogen (secondary N) is 1. The Morgan fingerprint density at radius 1 is 1.13 bits per heavy atom. The SMILES string of the molecule is O=c1oc2ccccc2cc1C1=NN[C@H](c2ccc(Cl)cc2)C1. The van der Waals surface area contributed by atoms with E-state index in [0.29, 0.717) is 28.3 Å². The quantitative estimate of drug-likeness (QED) is 0.728. The maximum absolute atomic E-state index is 12.2. The zero-order chi connectivity index (χ0) is 15.8. The van der Waals surface area contributed by atoms with Crippen LogP contribution in [0.5, 0.6) is 0 Å². The van der Waals surface area contributed by atoms with Crippen LogP contribution in [0.15, 0.2) is 68.9 Å². The summed E-state index contributed by atoms with van der Waals surface area (Å²) in [4.78, 5) is 12.2. The molecule has 114 valence electrons. The van der Waals surface area contributed by atoms with Crippen molar-refractivity contribution in [3.8, 4) is 0 Å². The van der Waals surface area contributed by atoms with E-state index < -0.39 is 0 Å². The molecule has 1 aromatic heterocycles. The smallest absolute Gasteiger partial charge is 0.345 e. The molecule has 4 rings (SSSR count). The summed E-state index contributed by atoms with van der Waals surface area (Å²) in [6.07, 6.45) is 0.630. The first-order valence-corrected chi connectivity index (χ1v) is 7.69. The average Bonchev–Trinajstić information content (AvgIpc) is 3.04. The normalized spacial score (nSPS) is 17.1. The standard InChI is InChI=1S/C18H13ClN2O2/c19-13-7-5-11(6-8-13)15-10-16(21-20-15)14-9-12-3-1-2-4-17(12)23-18(14)22/h1-9,15,20H,10H2/t15-/m0/s1. The maximum Gasteiger partial charge on any atom is 0.345 e. The van der Waals surface area contributed by atoms with Crippen molar-refractivity contribution >= 4 is 28.3 Å². The van der Waals surface area contributed by atoms with Crippen molar-refractivity contribution < 1.29 is 4.42 Å². The molecule has 1 aliphatic heterocycles. The molecule has 5 heteroatoms. The first-order chi connectivity index (χ1) is 11.2. The average molecular weight is 325 g/mol. The molecule has 2 aromatic carbocycles. The summed E-state index contributed by atoms with van der Waals surface area (Å²) in [5, 5.41) is 5.91. The molecule has 0 bridgehead atoms. The molecule has 23 heavy (non-hydrogen) atoms. The number of hydrogen-bond acceptors (Lipinski definition) is 4. The van der Waals surface area contributed by atoms with E-state index in [-0.39, 0.29) is 11.7 Å². The zero-order valence-corrected chi connectivity index (χ0v) is 12.9. The lowest BCUT2D eigenvalue weighted by molar-refractivity contribution is 0.559. The number of hydrazone groups is 1. The fourth-order valence-corrected chi connectivity index (χ4v) is 2.89. The van der Waals surface area contributed by atoms with Gasteiger partial charge in [0.1, 0.15) is 5.58 Å². The molecule has 1 aliphatic rings. The third kappa shape index (κ3) is 2.62. The van der Waals surface area contributed by atoms with Crippen molar-refractivity contribution in [1.29, 1.82) is 0 Å². The first-order valence-electron chi connectivity index (χ1n) is 7.31. The Bertz CT molecular complexity index is 961. The molecular formula is C18H13ClN2O2. The maximum atomic E-state index is 12.2. The van der Waals surface area contributed by atoms with Crippen molar-refractivity contribution in [1.82, 2.24) is 5.43 Å². The number of halogens is 1. The van der Waals surface area contributed by atoms with Gasteiger partial charge in [-0.3, -0.25) is 0 Å². The lowest BCUT2D eigenvalue weighted by atomic mass is 9.99. The van der Waals surface area contributed by atoms with E-state index in [9.17, 15) is 4.79 Å². The summed E-state index contributed by atoms with van der Waals surface area (Å²) in [5.41, 5.74) is 5.61. The molecule has 2 heterocycles. The highest BCUT2D eigenvalue weighted by atomic mass is 35.5. The fourth-order valence-electron chi connectivity index (χ4n) is 2.76. The Labute approximate surface area is 137 Å². The first kappa shape index (κ1) is 14.0. The monoisotopic (exact) mass is 324 g/mol. The van der Waals surface area contributed by atoms with Gasteiger partial charge in [-0.2, -0.15) is 5.10 Å². The van der Waals surface area contributed by atoms with Gasteiger partial charge in [-0.05, 0) is 29.8 Å². The van der Waals surface area contributed by atoms with Gasteiger partial charge in [0.2, 0.25) is 0 Å². The van der Waals surface area contributed by atoms with Gasteiger partial charge in [-0.15, -0.1) is 0 Å². The zero-order valence-electron chi connectivity index (χ0n) is 12.1. The number of para-hydroxylation sites is 1. The molecule has 0 radical (unpaired) electrons. The molecule has 0 unspecified atom stereocenters. The third-order valence-electron chi connectivity index (χ3n) is 3.98. The molecule has 0 spiro atoms. The van der Waals surface area contributed by atoms with Gasteiger partial charge in [0, 0.05) is 16.8 Å². The molecule has 3 aromatic rings. The van der Waals surface area contributed by atoms with E-state index >= 15 is 0 Å². The summed E-state index contributed by atoms with van der Waals surface area (Å²) in [6, 6.07) is 16.9. The number of nitrogens with zero attached hydrogens (tertiary/aromatic N) is 1. The summed E-state index contributed by atoms with van der Waals surface area (Å²) in [5.74, 6) is 0. The number of benzene rings is 2. The van der Waals surface area contributed by atoms with Gasteiger partial charge in [0.05, 0.1) is 17.3 Å². The lowest BCUT2D eigenvalue weighted by Gasteiger charge is -2.09. The van der Waals surface area contributed by atoms with Crippen LogP contribution in [-0.4, -0.2) is 5.71 Å². The van der Waals surface area contributed by atoms with E-state index in [4.69, 9.17) is 16.0 Å². The molecule has 0 amide bonds. The van der Waals surface area contributed by atoms with E-state index in [1.165, 1.54) is 0 Å². The van der Waals surface area contributed by atoms with Crippen LogP contribution in [0.25, 0.3) is 11.0 Å². The second-order valence-corrected chi connectivity index (χ2v) is 5.92. The van der Waals surface area contributed by atoms with E-state index in [0.717, 1.165) is 10.9 Å². The number of fused-ring (bicyclic) bond motifs is 1. The third-order valence-corrected chi connectivity index (χ3v) is 4.23.